The Bertz CT molecular complexity index is 991. The highest BCUT2D eigenvalue weighted by Gasteiger charge is 2.21. The number of phosphoric ester groups is 1. The molecule has 0 aliphatic heterocycles. The summed E-state index contributed by atoms with van der Waals surface area (Å²) >= 11 is 0. The molecule has 0 saturated heterocycles. The van der Waals surface area contributed by atoms with Crippen molar-refractivity contribution in [3.63, 3.8) is 0 Å². The van der Waals surface area contributed by atoms with Crippen molar-refractivity contribution in [2.75, 3.05) is 47.5 Å². The number of ether oxygens (including phenoxy) is 2. The second kappa shape index (κ2) is 35.0. The number of carbonyl (C=O) groups is 2. The number of carbonyl (C=O) groups excluding carboxylic acids is 2. The molecule has 9 nitrogen and oxygen atoms in total. The first kappa shape index (κ1) is 50.2. The average Bonchev–Trinajstić information content (AvgIpc) is 3.09. The van der Waals surface area contributed by atoms with Crippen molar-refractivity contribution < 1.29 is 42.1 Å². The second-order valence-electron chi connectivity index (χ2n) is 15.0. The summed E-state index contributed by atoms with van der Waals surface area (Å²) in [5.74, 6) is -0.858. The highest BCUT2D eigenvalue weighted by atomic mass is 31.2. The molecule has 0 aromatic rings. The standard InChI is InChI=1S/C42H78NO8P/c1-6-8-10-12-13-14-15-16-17-18-19-20-21-22-23-24-25-26-27-28-29-31-33-35-42(45)51-40(38-48-41(44)34-32-30-11-9-7-2)39-50-52(46,47)49-37-36-43(3,4)5/h15-16,18-19,21-22,40H,6-14,17,20,23-39H2,1-5H3/b16-15-,19-18-,22-21-. The van der Waals surface area contributed by atoms with E-state index < -0.39 is 32.5 Å². The zero-order valence-electron chi connectivity index (χ0n) is 34.0. The molecule has 0 spiro atoms. The van der Waals surface area contributed by atoms with E-state index in [1.807, 2.05) is 21.1 Å². The summed E-state index contributed by atoms with van der Waals surface area (Å²) in [5.41, 5.74) is 0. The first-order chi connectivity index (χ1) is 25.0. The molecule has 0 bridgehead atoms. The molecule has 0 rings (SSSR count). The van der Waals surface area contributed by atoms with Gasteiger partial charge in [-0.1, -0.05) is 140 Å². The highest BCUT2D eigenvalue weighted by Crippen LogP contribution is 2.38. The van der Waals surface area contributed by atoms with Crippen molar-refractivity contribution in [1.82, 2.24) is 0 Å². The molecule has 0 aromatic heterocycles. The molecule has 0 fully saturated rings. The molecule has 2 unspecified atom stereocenters. The van der Waals surface area contributed by atoms with Crippen LogP contribution in [-0.4, -0.2) is 70.0 Å². The van der Waals surface area contributed by atoms with Crippen molar-refractivity contribution in [3.05, 3.63) is 36.5 Å². The quantitative estimate of drug-likeness (QED) is 0.0203. The van der Waals surface area contributed by atoms with Crippen LogP contribution < -0.4 is 4.89 Å². The number of hydrogen-bond acceptors (Lipinski definition) is 8. The maximum Gasteiger partial charge on any atom is 0.306 e. The molecule has 52 heavy (non-hydrogen) atoms. The Morgan fingerprint density at radius 2 is 1.04 bits per heavy atom. The molecule has 0 radical (unpaired) electrons. The predicted molar refractivity (Wildman–Crippen MR) is 213 cm³/mol. The Kier molecular flexibility index (Phi) is 33.8. The van der Waals surface area contributed by atoms with Crippen molar-refractivity contribution >= 4 is 19.8 Å². The van der Waals surface area contributed by atoms with E-state index in [9.17, 15) is 19.0 Å². The Labute approximate surface area is 319 Å². The van der Waals surface area contributed by atoms with Crippen LogP contribution in [0.25, 0.3) is 0 Å². The van der Waals surface area contributed by atoms with E-state index in [0.29, 0.717) is 17.4 Å². The lowest BCUT2D eigenvalue weighted by Crippen LogP contribution is -2.37. The van der Waals surface area contributed by atoms with Crippen LogP contribution >= 0.6 is 7.82 Å². The third-order valence-corrected chi connectivity index (χ3v) is 9.63. The van der Waals surface area contributed by atoms with Gasteiger partial charge in [0, 0.05) is 12.8 Å². The maximum absolute atomic E-state index is 12.6. The van der Waals surface area contributed by atoms with Crippen LogP contribution in [0, 0.1) is 0 Å². The largest absolute Gasteiger partial charge is 0.756 e. The van der Waals surface area contributed by atoms with Crippen LogP contribution in [0.15, 0.2) is 36.5 Å². The van der Waals surface area contributed by atoms with Crippen LogP contribution in [0.1, 0.15) is 168 Å². The van der Waals surface area contributed by atoms with Gasteiger partial charge in [0.05, 0.1) is 27.7 Å². The summed E-state index contributed by atoms with van der Waals surface area (Å²) in [6.45, 7) is 4.10. The monoisotopic (exact) mass is 756 g/mol. The molecule has 0 saturated carbocycles. The molecule has 304 valence electrons. The molecule has 0 heterocycles. The van der Waals surface area contributed by atoms with Crippen LogP contribution in [0.3, 0.4) is 0 Å². The lowest BCUT2D eigenvalue weighted by Gasteiger charge is -2.28. The fourth-order valence-electron chi connectivity index (χ4n) is 5.37. The summed E-state index contributed by atoms with van der Waals surface area (Å²) in [5, 5.41) is 0. The minimum atomic E-state index is -4.61. The van der Waals surface area contributed by atoms with Crippen molar-refractivity contribution in [2.45, 2.75) is 174 Å². The topological polar surface area (TPSA) is 111 Å². The third kappa shape index (κ3) is 38.0. The maximum atomic E-state index is 12.6. The molecule has 0 N–H and O–H groups in total. The summed E-state index contributed by atoms with van der Waals surface area (Å²) < 4.78 is 33.6. The lowest BCUT2D eigenvalue weighted by molar-refractivity contribution is -0.870. The fraction of sp³-hybridized carbons (Fsp3) is 0.810. The van der Waals surface area contributed by atoms with Gasteiger partial charge in [-0.3, -0.25) is 14.2 Å². The zero-order valence-corrected chi connectivity index (χ0v) is 34.9. The Morgan fingerprint density at radius 1 is 0.596 bits per heavy atom. The number of likely N-dealkylation sites (N-methyl/N-ethyl adjacent to an activating group) is 1. The number of hydrogen-bond donors (Lipinski definition) is 0. The van der Waals surface area contributed by atoms with Crippen LogP contribution in [0.4, 0.5) is 0 Å². The number of phosphoric acid groups is 1. The molecule has 0 amide bonds. The number of esters is 2. The Morgan fingerprint density at radius 3 is 1.54 bits per heavy atom. The summed E-state index contributed by atoms with van der Waals surface area (Å²) in [6, 6.07) is 0. The zero-order chi connectivity index (χ0) is 38.6. The molecular weight excluding hydrogens is 677 g/mol. The smallest absolute Gasteiger partial charge is 0.306 e. The van der Waals surface area contributed by atoms with E-state index in [-0.39, 0.29) is 26.1 Å². The minimum absolute atomic E-state index is 0.0327. The van der Waals surface area contributed by atoms with Gasteiger partial charge in [-0.2, -0.15) is 0 Å². The van der Waals surface area contributed by atoms with E-state index in [0.717, 1.165) is 70.6 Å². The van der Waals surface area contributed by atoms with Crippen LogP contribution in [-0.2, 0) is 32.7 Å². The number of nitrogens with zero attached hydrogens (tertiary/aromatic N) is 1. The predicted octanol–water partition coefficient (Wildman–Crippen LogP) is 10.7. The summed E-state index contributed by atoms with van der Waals surface area (Å²) in [6.07, 6.45) is 37.9. The van der Waals surface area contributed by atoms with Crippen molar-refractivity contribution in [2.24, 2.45) is 0 Å². The average molecular weight is 756 g/mol. The van der Waals surface area contributed by atoms with Crippen molar-refractivity contribution in [3.8, 4) is 0 Å². The van der Waals surface area contributed by atoms with Gasteiger partial charge in [-0.25, -0.2) is 0 Å². The van der Waals surface area contributed by atoms with E-state index in [2.05, 4.69) is 50.3 Å². The van der Waals surface area contributed by atoms with Gasteiger partial charge in [0.25, 0.3) is 7.82 Å². The molecule has 0 aromatic carbocycles. The fourth-order valence-corrected chi connectivity index (χ4v) is 6.09. The van der Waals surface area contributed by atoms with Gasteiger partial charge in [-0.15, -0.1) is 0 Å². The first-order valence-corrected chi connectivity index (χ1v) is 22.2. The van der Waals surface area contributed by atoms with Gasteiger partial charge in [0.15, 0.2) is 6.10 Å². The highest BCUT2D eigenvalue weighted by molar-refractivity contribution is 7.45. The van der Waals surface area contributed by atoms with E-state index >= 15 is 0 Å². The van der Waals surface area contributed by atoms with Gasteiger partial charge in [0.2, 0.25) is 0 Å². The van der Waals surface area contributed by atoms with Gasteiger partial charge in [-0.05, 0) is 51.4 Å². The number of quaternary nitrogens is 1. The van der Waals surface area contributed by atoms with Gasteiger partial charge in [0.1, 0.15) is 19.8 Å². The van der Waals surface area contributed by atoms with E-state index in [4.69, 9.17) is 18.5 Å². The van der Waals surface area contributed by atoms with Gasteiger partial charge < -0.3 is 27.9 Å². The Hall–Kier alpha value is -1.77. The van der Waals surface area contributed by atoms with E-state index in [1.54, 1.807) is 0 Å². The lowest BCUT2D eigenvalue weighted by atomic mass is 10.1. The molecule has 10 heteroatoms. The van der Waals surface area contributed by atoms with Gasteiger partial charge >= 0.3 is 11.9 Å². The molecular formula is C42H78NO8P. The first-order valence-electron chi connectivity index (χ1n) is 20.7. The Balaban J connectivity index is 4.17. The summed E-state index contributed by atoms with van der Waals surface area (Å²) in [4.78, 5) is 37.1. The van der Waals surface area contributed by atoms with Crippen LogP contribution in [0.2, 0.25) is 0 Å². The normalized spacial score (nSPS) is 14.0. The second-order valence-corrected chi connectivity index (χ2v) is 16.4. The van der Waals surface area contributed by atoms with E-state index in [1.165, 1.54) is 64.2 Å². The molecule has 0 aliphatic rings. The summed E-state index contributed by atoms with van der Waals surface area (Å²) in [7, 11) is 1.16. The molecule has 2 atom stereocenters. The number of unbranched alkanes of at least 4 members (excludes halogenated alkanes) is 17. The minimum Gasteiger partial charge on any atom is -0.756 e. The third-order valence-electron chi connectivity index (χ3n) is 8.66. The SMILES string of the molecule is CCCCCCC/C=C\C/C=C\C/C=C\CCCCCCCCCCC(=O)OC(COC(=O)CCCCCCC)COP(=O)([O-])OCC[N+](C)(C)C. The van der Waals surface area contributed by atoms with Crippen molar-refractivity contribution in [1.29, 1.82) is 0 Å². The number of allylic oxidation sites excluding steroid dienone is 6. The number of rotatable bonds is 37. The molecule has 0 aliphatic carbocycles. The van der Waals surface area contributed by atoms with Crippen LogP contribution in [0.5, 0.6) is 0 Å².